The van der Waals surface area contributed by atoms with E-state index in [1.807, 2.05) is 6.07 Å². The monoisotopic (exact) mass is 279 g/mol. The number of nitrogens with one attached hydrogen (secondary N) is 1. The number of nitro groups is 1. The molecule has 0 bridgehead atoms. The van der Waals surface area contributed by atoms with E-state index in [1.165, 1.54) is 0 Å². The molecule has 0 amide bonds. The van der Waals surface area contributed by atoms with Crippen LogP contribution in [-0.4, -0.2) is 42.2 Å². The van der Waals surface area contributed by atoms with Gasteiger partial charge in [0.1, 0.15) is 5.69 Å². The van der Waals surface area contributed by atoms with E-state index >= 15 is 0 Å². The van der Waals surface area contributed by atoms with Gasteiger partial charge in [0.15, 0.2) is 0 Å². The van der Waals surface area contributed by atoms with Crippen molar-refractivity contribution in [1.29, 1.82) is 0 Å². The molecule has 6 heteroatoms. The number of ether oxygens (including phenoxy) is 1. The highest BCUT2D eigenvalue weighted by molar-refractivity contribution is 5.62. The number of nitro benzene ring substituents is 1. The second kappa shape index (κ2) is 5.76. The van der Waals surface area contributed by atoms with Crippen molar-refractivity contribution in [3.8, 4) is 0 Å². The van der Waals surface area contributed by atoms with Crippen LogP contribution in [0, 0.1) is 10.1 Å². The predicted molar refractivity (Wildman–Crippen MR) is 78.0 cm³/mol. The van der Waals surface area contributed by atoms with E-state index in [0.29, 0.717) is 25.4 Å². The van der Waals surface area contributed by atoms with Gasteiger partial charge in [-0.1, -0.05) is 6.07 Å². The first-order chi connectivity index (χ1) is 9.44. The molecule has 0 radical (unpaired) electrons. The van der Waals surface area contributed by atoms with Crippen molar-refractivity contribution in [2.45, 2.75) is 25.9 Å². The third-order valence-electron chi connectivity index (χ3n) is 3.72. The second-order valence-corrected chi connectivity index (χ2v) is 5.65. The second-order valence-electron chi connectivity index (χ2n) is 5.65. The van der Waals surface area contributed by atoms with Gasteiger partial charge in [0.25, 0.3) is 5.69 Å². The minimum atomic E-state index is -0.347. The molecule has 0 atom stereocenters. The summed E-state index contributed by atoms with van der Waals surface area (Å²) < 4.78 is 5.49. The Morgan fingerprint density at radius 3 is 2.85 bits per heavy atom. The maximum Gasteiger partial charge on any atom is 0.292 e. The molecule has 1 aromatic rings. The molecular weight excluding hydrogens is 258 g/mol. The van der Waals surface area contributed by atoms with E-state index in [2.05, 4.69) is 24.1 Å². The Bertz CT molecular complexity index is 502. The van der Waals surface area contributed by atoms with Crippen LogP contribution < -0.4 is 5.32 Å². The summed E-state index contributed by atoms with van der Waals surface area (Å²) in [6, 6.07) is 5.35. The van der Waals surface area contributed by atoms with Crippen LogP contribution in [0.4, 0.5) is 11.4 Å². The van der Waals surface area contributed by atoms with Gasteiger partial charge in [0, 0.05) is 31.7 Å². The van der Waals surface area contributed by atoms with Crippen LogP contribution in [0.5, 0.6) is 0 Å². The van der Waals surface area contributed by atoms with Gasteiger partial charge in [-0.25, -0.2) is 0 Å². The summed E-state index contributed by atoms with van der Waals surface area (Å²) in [5.41, 5.74) is 1.57. The van der Waals surface area contributed by atoms with Gasteiger partial charge < -0.3 is 10.1 Å². The minimum absolute atomic E-state index is 0.0469. The SMILES string of the molecule is CNc1ccc(CN2CCOCC2(C)C)cc1[N+](=O)[O-]. The van der Waals surface area contributed by atoms with Gasteiger partial charge >= 0.3 is 0 Å². The van der Waals surface area contributed by atoms with Crippen molar-refractivity contribution >= 4 is 11.4 Å². The van der Waals surface area contributed by atoms with Crippen LogP contribution in [0.1, 0.15) is 19.4 Å². The summed E-state index contributed by atoms with van der Waals surface area (Å²) in [6.45, 7) is 7.19. The number of hydrogen-bond donors (Lipinski definition) is 1. The van der Waals surface area contributed by atoms with Crippen molar-refractivity contribution in [2.24, 2.45) is 0 Å². The van der Waals surface area contributed by atoms with Gasteiger partial charge in [0.2, 0.25) is 0 Å². The van der Waals surface area contributed by atoms with Crippen LogP contribution in [-0.2, 0) is 11.3 Å². The molecule has 110 valence electrons. The number of rotatable bonds is 4. The lowest BCUT2D eigenvalue weighted by Gasteiger charge is -2.42. The van der Waals surface area contributed by atoms with Crippen molar-refractivity contribution in [3.63, 3.8) is 0 Å². The van der Waals surface area contributed by atoms with Crippen LogP contribution >= 0.6 is 0 Å². The van der Waals surface area contributed by atoms with Gasteiger partial charge in [-0.15, -0.1) is 0 Å². The number of morpholine rings is 1. The Morgan fingerprint density at radius 1 is 1.50 bits per heavy atom. The largest absolute Gasteiger partial charge is 0.383 e. The number of anilines is 1. The van der Waals surface area contributed by atoms with E-state index in [0.717, 1.165) is 12.1 Å². The molecule has 1 N–H and O–H groups in total. The summed E-state index contributed by atoms with van der Waals surface area (Å²) in [5, 5.41) is 13.9. The molecule has 0 unspecified atom stereocenters. The van der Waals surface area contributed by atoms with Crippen LogP contribution in [0.3, 0.4) is 0 Å². The summed E-state index contributed by atoms with van der Waals surface area (Å²) in [7, 11) is 1.69. The third kappa shape index (κ3) is 3.08. The minimum Gasteiger partial charge on any atom is -0.383 e. The Morgan fingerprint density at radius 2 is 2.25 bits per heavy atom. The maximum atomic E-state index is 11.1. The molecule has 1 fully saturated rings. The van der Waals surface area contributed by atoms with Crippen LogP contribution in [0.15, 0.2) is 18.2 Å². The summed E-state index contributed by atoms with van der Waals surface area (Å²) in [5.74, 6) is 0. The van der Waals surface area contributed by atoms with Crippen molar-refractivity contribution in [1.82, 2.24) is 4.90 Å². The topological polar surface area (TPSA) is 67.6 Å². The van der Waals surface area contributed by atoms with Crippen molar-refractivity contribution < 1.29 is 9.66 Å². The van der Waals surface area contributed by atoms with Gasteiger partial charge in [-0.05, 0) is 25.5 Å². The van der Waals surface area contributed by atoms with E-state index in [1.54, 1.807) is 19.2 Å². The zero-order valence-corrected chi connectivity index (χ0v) is 12.2. The third-order valence-corrected chi connectivity index (χ3v) is 3.72. The van der Waals surface area contributed by atoms with E-state index < -0.39 is 0 Å². The first-order valence-corrected chi connectivity index (χ1v) is 6.72. The molecule has 20 heavy (non-hydrogen) atoms. The molecule has 1 aliphatic heterocycles. The average molecular weight is 279 g/mol. The van der Waals surface area contributed by atoms with Crippen molar-refractivity contribution in [2.75, 3.05) is 32.1 Å². The number of hydrogen-bond acceptors (Lipinski definition) is 5. The Hall–Kier alpha value is -1.66. The van der Waals surface area contributed by atoms with Crippen LogP contribution in [0.25, 0.3) is 0 Å². The Labute approximate surface area is 118 Å². The number of benzene rings is 1. The zero-order chi connectivity index (χ0) is 14.8. The quantitative estimate of drug-likeness (QED) is 0.676. The Kier molecular flexibility index (Phi) is 4.25. The fraction of sp³-hybridized carbons (Fsp3) is 0.571. The van der Waals surface area contributed by atoms with Crippen LogP contribution in [0.2, 0.25) is 0 Å². The normalized spacial score (nSPS) is 18.8. The molecule has 0 aliphatic carbocycles. The molecule has 2 rings (SSSR count). The summed E-state index contributed by atoms with van der Waals surface area (Å²) in [6.07, 6.45) is 0. The fourth-order valence-electron chi connectivity index (χ4n) is 2.44. The molecule has 0 saturated carbocycles. The Balaban J connectivity index is 2.21. The molecule has 0 aromatic heterocycles. The summed E-state index contributed by atoms with van der Waals surface area (Å²) in [4.78, 5) is 13.0. The highest BCUT2D eigenvalue weighted by atomic mass is 16.6. The smallest absolute Gasteiger partial charge is 0.292 e. The highest BCUT2D eigenvalue weighted by Crippen LogP contribution is 2.27. The van der Waals surface area contributed by atoms with E-state index in [4.69, 9.17) is 4.74 Å². The molecule has 6 nitrogen and oxygen atoms in total. The molecule has 0 spiro atoms. The number of nitrogens with zero attached hydrogens (tertiary/aromatic N) is 2. The van der Waals surface area contributed by atoms with E-state index in [9.17, 15) is 10.1 Å². The van der Waals surface area contributed by atoms with Gasteiger partial charge in [0.05, 0.1) is 18.1 Å². The molecular formula is C14H21N3O3. The average Bonchev–Trinajstić information content (AvgIpc) is 2.41. The predicted octanol–water partition coefficient (Wildman–Crippen LogP) is 2.25. The van der Waals surface area contributed by atoms with Gasteiger partial charge in [-0.3, -0.25) is 15.0 Å². The highest BCUT2D eigenvalue weighted by Gasteiger charge is 2.30. The first kappa shape index (κ1) is 14.7. The molecule has 1 heterocycles. The molecule has 1 saturated heterocycles. The van der Waals surface area contributed by atoms with Gasteiger partial charge in [-0.2, -0.15) is 0 Å². The molecule has 1 aliphatic rings. The summed E-state index contributed by atoms with van der Waals surface area (Å²) >= 11 is 0. The van der Waals surface area contributed by atoms with E-state index in [-0.39, 0.29) is 16.1 Å². The maximum absolute atomic E-state index is 11.1. The molecule has 1 aromatic carbocycles. The van der Waals surface area contributed by atoms with Crippen molar-refractivity contribution in [3.05, 3.63) is 33.9 Å². The standard InChI is InChI=1S/C14H21N3O3/c1-14(2)10-20-7-6-16(14)9-11-4-5-12(15-3)13(8-11)17(18)19/h4-5,8,15H,6-7,9-10H2,1-3H3. The lowest BCUT2D eigenvalue weighted by Crippen LogP contribution is -2.52. The fourth-order valence-corrected chi connectivity index (χ4v) is 2.44. The lowest BCUT2D eigenvalue weighted by molar-refractivity contribution is -0.384. The zero-order valence-electron chi connectivity index (χ0n) is 12.2. The lowest BCUT2D eigenvalue weighted by atomic mass is 10.0. The first-order valence-electron chi connectivity index (χ1n) is 6.72.